The van der Waals surface area contributed by atoms with Crippen LogP contribution in [0.1, 0.15) is 44.9 Å². The minimum Gasteiger partial charge on any atom is -0.391 e. The van der Waals surface area contributed by atoms with Crippen LogP contribution in [0, 0.1) is 23.2 Å². The van der Waals surface area contributed by atoms with Crippen molar-refractivity contribution in [1.29, 1.82) is 0 Å². The standard InChI is InChI=1S/C15H23NO2/c17-13-1-2-16(9-13)14(18)15-6-10-3-11(7-15)5-12(4-10)8-15/h10-13,17H,1-9H2/t10?,11?,12?,13-,15?/m0/s1. The lowest BCUT2D eigenvalue weighted by Gasteiger charge is -2.56. The Bertz CT molecular complexity index is 343. The molecule has 3 nitrogen and oxygen atoms in total. The fraction of sp³-hybridized carbons (Fsp3) is 0.933. The summed E-state index contributed by atoms with van der Waals surface area (Å²) >= 11 is 0. The lowest BCUT2D eigenvalue weighted by Crippen LogP contribution is -2.54. The van der Waals surface area contributed by atoms with Crippen LogP contribution in [-0.2, 0) is 4.79 Å². The number of carbonyl (C=O) groups excluding carboxylic acids is 1. The second-order valence-electron chi connectivity index (χ2n) is 7.39. The van der Waals surface area contributed by atoms with Crippen molar-refractivity contribution < 1.29 is 9.90 Å². The average molecular weight is 249 g/mol. The van der Waals surface area contributed by atoms with Gasteiger partial charge in [-0.2, -0.15) is 0 Å². The van der Waals surface area contributed by atoms with Gasteiger partial charge >= 0.3 is 0 Å². The first-order valence-electron chi connectivity index (χ1n) is 7.62. The summed E-state index contributed by atoms with van der Waals surface area (Å²) in [5.41, 5.74) is -0.0151. The highest BCUT2D eigenvalue weighted by molar-refractivity contribution is 5.83. The van der Waals surface area contributed by atoms with Crippen LogP contribution in [0.4, 0.5) is 0 Å². The van der Waals surface area contributed by atoms with Crippen LogP contribution in [0.2, 0.25) is 0 Å². The molecule has 4 bridgehead atoms. The fourth-order valence-corrected chi connectivity index (χ4v) is 5.63. The Morgan fingerprint density at radius 2 is 1.61 bits per heavy atom. The highest BCUT2D eigenvalue weighted by Gasteiger charge is 2.55. The molecule has 5 fully saturated rings. The van der Waals surface area contributed by atoms with Crippen LogP contribution in [0.25, 0.3) is 0 Å². The summed E-state index contributed by atoms with van der Waals surface area (Å²) in [4.78, 5) is 14.8. The summed E-state index contributed by atoms with van der Waals surface area (Å²) in [7, 11) is 0. The molecular weight excluding hydrogens is 226 g/mol. The monoisotopic (exact) mass is 249 g/mol. The summed E-state index contributed by atoms with van der Waals surface area (Å²) in [6.07, 6.45) is 8.08. The first-order chi connectivity index (χ1) is 8.64. The number of carbonyl (C=O) groups is 1. The minimum atomic E-state index is -0.275. The number of hydrogen-bond donors (Lipinski definition) is 1. The molecule has 5 rings (SSSR count). The molecule has 1 saturated heterocycles. The Morgan fingerprint density at radius 1 is 1.06 bits per heavy atom. The van der Waals surface area contributed by atoms with E-state index in [1.807, 2.05) is 4.90 Å². The van der Waals surface area contributed by atoms with Crippen LogP contribution in [0.3, 0.4) is 0 Å². The number of rotatable bonds is 1. The summed E-state index contributed by atoms with van der Waals surface area (Å²) in [5.74, 6) is 2.87. The van der Waals surface area contributed by atoms with Crippen LogP contribution in [-0.4, -0.2) is 35.1 Å². The van der Waals surface area contributed by atoms with E-state index < -0.39 is 0 Å². The van der Waals surface area contributed by atoms with Gasteiger partial charge in [0.1, 0.15) is 0 Å². The van der Waals surface area contributed by atoms with Gasteiger partial charge in [0.15, 0.2) is 0 Å². The molecule has 5 aliphatic rings. The molecule has 1 heterocycles. The molecule has 0 spiro atoms. The Morgan fingerprint density at radius 3 is 2.06 bits per heavy atom. The zero-order valence-corrected chi connectivity index (χ0v) is 11.0. The van der Waals surface area contributed by atoms with E-state index in [0.29, 0.717) is 12.5 Å². The van der Waals surface area contributed by atoms with Gasteiger partial charge in [0, 0.05) is 13.1 Å². The van der Waals surface area contributed by atoms with Crippen molar-refractivity contribution in [1.82, 2.24) is 4.90 Å². The minimum absolute atomic E-state index is 0.0151. The number of aliphatic hydroxyl groups excluding tert-OH is 1. The molecule has 3 heteroatoms. The topological polar surface area (TPSA) is 40.5 Å². The molecule has 0 radical (unpaired) electrons. The van der Waals surface area contributed by atoms with Gasteiger partial charge in [-0.25, -0.2) is 0 Å². The largest absolute Gasteiger partial charge is 0.391 e. The zero-order chi connectivity index (χ0) is 12.3. The molecule has 1 amide bonds. The normalized spacial score (nSPS) is 49.9. The lowest BCUT2D eigenvalue weighted by molar-refractivity contribution is -0.156. The maximum absolute atomic E-state index is 12.9. The van der Waals surface area contributed by atoms with Gasteiger partial charge in [-0.05, 0) is 62.7 Å². The lowest BCUT2D eigenvalue weighted by atomic mass is 9.49. The SMILES string of the molecule is O=C(N1CC[C@H](O)C1)C12CC3CC(CC(C3)C1)C2. The van der Waals surface area contributed by atoms with E-state index in [9.17, 15) is 9.90 Å². The quantitative estimate of drug-likeness (QED) is 0.770. The number of nitrogens with zero attached hydrogens (tertiary/aromatic N) is 1. The third-order valence-electron chi connectivity index (χ3n) is 5.94. The van der Waals surface area contributed by atoms with Gasteiger partial charge in [-0.3, -0.25) is 4.79 Å². The van der Waals surface area contributed by atoms with Crippen molar-refractivity contribution in [3.8, 4) is 0 Å². The number of amides is 1. The van der Waals surface area contributed by atoms with Gasteiger partial charge in [0.2, 0.25) is 5.91 Å². The van der Waals surface area contributed by atoms with Gasteiger partial charge in [-0.1, -0.05) is 0 Å². The summed E-state index contributed by atoms with van der Waals surface area (Å²) in [6.45, 7) is 1.36. The number of likely N-dealkylation sites (tertiary alicyclic amines) is 1. The van der Waals surface area contributed by atoms with Gasteiger partial charge in [0.25, 0.3) is 0 Å². The van der Waals surface area contributed by atoms with E-state index in [2.05, 4.69) is 0 Å². The van der Waals surface area contributed by atoms with Crippen molar-refractivity contribution in [2.24, 2.45) is 23.2 Å². The van der Waals surface area contributed by atoms with Crippen molar-refractivity contribution in [2.45, 2.75) is 51.0 Å². The Kier molecular flexibility index (Phi) is 2.33. The molecule has 4 aliphatic carbocycles. The van der Waals surface area contributed by atoms with E-state index in [4.69, 9.17) is 0 Å². The third-order valence-corrected chi connectivity index (χ3v) is 5.94. The molecule has 0 aromatic heterocycles. The highest BCUT2D eigenvalue weighted by Crippen LogP contribution is 2.60. The van der Waals surface area contributed by atoms with Crippen molar-refractivity contribution in [3.63, 3.8) is 0 Å². The predicted molar refractivity (Wildman–Crippen MR) is 67.8 cm³/mol. The van der Waals surface area contributed by atoms with E-state index >= 15 is 0 Å². The second kappa shape index (κ2) is 3.72. The fourth-order valence-electron chi connectivity index (χ4n) is 5.63. The predicted octanol–water partition coefficient (Wildman–Crippen LogP) is 1.80. The maximum Gasteiger partial charge on any atom is 0.228 e. The van der Waals surface area contributed by atoms with E-state index in [0.717, 1.165) is 50.0 Å². The van der Waals surface area contributed by atoms with E-state index in [-0.39, 0.29) is 11.5 Å². The first kappa shape index (κ1) is 11.3. The summed E-state index contributed by atoms with van der Waals surface area (Å²) < 4.78 is 0. The Balaban J connectivity index is 1.58. The van der Waals surface area contributed by atoms with Crippen molar-refractivity contribution in [2.75, 3.05) is 13.1 Å². The van der Waals surface area contributed by atoms with Crippen LogP contribution >= 0.6 is 0 Å². The van der Waals surface area contributed by atoms with Crippen LogP contribution < -0.4 is 0 Å². The average Bonchev–Trinajstić information content (AvgIpc) is 2.73. The molecule has 100 valence electrons. The molecule has 0 aromatic rings. The van der Waals surface area contributed by atoms with Gasteiger partial charge in [-0.15, -0.1) is 0 Å². The second-order valence-corrected chi connectivity index (χ2v) is 7.39. The van der Waals surface area contributed by atoms with Crippen molar-refractivity contribution in [3.05, 3.63) is 0 Å². The molecule has 4 saturated carbocycles. The maximum atomic E-state index is 12.9. The van der Waals surface area contributed by atoms with Gasteiger partial charge in [0.05, 0.1) is 11.5 Å². The molecule has 18 heavy (non-hydrogen) atoms. The summed E-state index contributed by atoms with van der Waals surface area (Å²) in [5, 5.41) is 9.64. The van der Waals surface area contributed by atoms with Crippen LogP contribution in [0.5, 0.6) is 0 Å². The van der Waals surface area contributed by atoms with E-state index in [1.54, 1.807) is 0 Å². The molecule has 1 atom stereocenters. The molecule has 1 aliphatic heterocycles. The Hall–Kier alpha value is -0.570. The molecule has 0 unspecified atom stereocenters. The van der Waals surface area contributed by atoms with Gasteiger partial charge < -0.3 is 10.0 Å². The highest BCUT2D eigenvalue weighted by atomic mass is 16.3. The molecule has 1 N–H and O–H groups in total. The Labute approximate surface area is 109 Å². The van der Waals surface area contributed by atoms with Crippen LogP contribution in [0.15, 0.2) is 0 Å². The summed E-state index contributed by atoms with van der Waals surface area (Å²) in [6, 6.07) is 0. The van der Waals surface area contributed by atoms with Crippen molar-refractivity contribution >= 4 is 5.91 Å². The zero-order valence-electron chi connectivity index (χ0n) is 11.0. The molecule has 0 aromatic carbocycles. The molecular formula is C15H23NO2. The first-order valence-corrected chi connectivity index (χ1v) is 7.62. The number of aliphatic hydroxyl groups is 1. The third kappa shape index (κ3) is 1.56. The van der Waals surface area contributed by atoms with E-state index in [1.165, 1.54) is 19.3 Å². The number of β-amino-alcohol motifs (C(OH)–C–C–N with tert-alkyl or cyclic N) is 1. The number of hydrogen-bond acceptors (Lipinski definition) is 2. The smallest absolute Gasteiger partial charge is 0.228 e.